The van der Waals surface area contributed by atoms with Gasteiger partial charge in [-0.3, -0.25) is 14.3 Å². The Morgan fingerprint density at radius 1 is 1.60 bits per heavy atom. The molecule has 11 heteroatoms. The van der Waals surface area contributed by atoms with Crippen LogP contribution in [0.25, 0.3) is 11.2 Å². The van der Waals surface area contributed by atoms with Crippen molar-refractivity contribution in [2.45, 2.75) is 31.8 Å². The van der Waals surface area contributed by atoms with Crippen molar-refractivity contribution in [1.82, 2.24) is 19.5 Å². The average molecular weight is 356 g/mol. The molecule has 0 spiro atoms. The predicted octanol–water partition coefficient (Wildman–Crippen LogP) is 0.895. The molecule has 2 aromatic heterocycles. The molecule has 2 heterocycles. The van der Waals surface area contributed by atoms with Gasteiger partial charge in [-0.25, -0.2) is 9.37 Å². The summed E-state index contributed by atoms with van der Waals surface area (Å²) in [5, 5.41) is 12.4. The number of halogens is 1. The topological polar surface area (TPSA) is 148 Å². The summed E-state index contributed by atoms with van der Waals surface area (Å²) in [6, 6.07) is 0. The van der Waals surface area contributed by atoms with Crippen LogP contribution in [0.5, 0.6) is 0 Å². The lowest BCUT2D eigenvalue weighted by atomic mass is 10.00. The summed E-state index contributed by atoms with van der Waals surface area (Å²) in [6.45, 7) is 7.37. The zero-order valence-electron chi connectivity index (χ0n) is 14.0. The van der Waals surface area contributed by atoms with E-state index in [9.17, 15) is 19.2 Å². The minimum absolute atomic E-state index is 0.0518. The molecule has 0 radical (unpaired) electrons. The second-order valence-corrected chi connectivity index (χ2v) is 5.26. The Balaban J connectivity index is 0.00000151. The van der Waals surface area contributed by atoms with E-state index in [2.05, 4.69) is 33.3 Å². The van der Waals surface area contributed by atoms with Gasteiger partial charge in [-0.05, 0) is 13.8 Å². The van der Waals surface area contributed by atoms with Crippen molar-refractivity contribution in [3.63, 3.8) is 0 Å². The number of fused-ring (bicyclic) bond motifs is 1. The molecule has 0 bridgehead atoms. The van der Waals surface area contributed by atoms with Crippen molar-refractivity contribution in [3.05, 3.63) is 34.7 Å². The Labute approximate surface area is 142 Å². The first kappa shape index (κ1) is 20.4. The molecule has 0 aliphatic carbocycles. The van der Waals surface area contributed by atoms with Gasteiger partial charge in [0.1, 0.15) is 31.2 Å². The molecule has 0 aliphatic rings. The van der Waals surface area contributed by atoms with Crippen molar-refractivity contribution in [2.75, 3.05) is 19.0 Å². The molecule has 10 nitrogen and oxygen atoms in total. The number of aromatic amines is 1. The van der Waals surface area contributed by atoms with Crippen LogP contribution in [-0.4, -0.2) is 49.5 Å². The Kier molecular flexibility index (Phi) is 6.88. The van der Waals surface area contributed by atoms with Crippen LogP contribution in [0.15, 0.2) is 29.5 Å². The summed E-state index contributed by atoms with van der Waals surface area (Å²) < 4.78 is 19.8. The molecule has 0 aliphatic heterocycles. The van der Waals surface area contributed by atoms with Crippen LogP contribution in [0.2, 0.25) is 0 Å². The molecule has 138 valence electrons. The normalized spacial score (nSPS) is 15.7. The van der Waals surface area contributed by atoms with Gasteiger partial charge in [-0.2, -0.15) is 9.89 Å². The minimum Gasteiger partial charge on any atom is -0.387 e. The summed E-state index contributed by atoms with van der Waals surface area (Å²) in [6.07, 6.45) is -1.06. The van der Waals surface area contributed by atoms with E-state index < -0.39 is 36.7 Å². The fraction of sp³-hybridized carbons (Fsp3) is 0.500. The van der Waals surface area contributed by atoms with E-state index in [1.807, 2.05) is 0 Å². The Morgan fingerprint density at radius 2 is 2.24 bits per heavy atom. The number of hydrogen-bond donors (Lipinski definition) is 3. The van der Waals surface area contributed by atoms with E-state index >= 15 is 0 Å². The molecule has 0 saturated carbocycles. The maximum absolute atomic E-state index is 12.8. The number of ether oxygens (including phenoxy) is 1. The second-order valence-electron chi connectivity index (χ2n) is 5.26. The van der Waals surface area contributed by atoms with Crippen LogP contribution >= 0.6 is 0 Å². The summed E-state index contributed by atoms with van der Waals surface area (Å²) in [5.74, 6) is -0.0995. The molecule has 2 rings (SSSR count). The fourth-order valence-electron chi connectivity index (χ4n) is 2.17. The predicted molar refractivity (Wildman–Crippen MR) is 90.7 cm³/mol. The van der Waals surface area contributed by atoms with Crippen molar-refractivity contribution < 1.29 is 14.2 Å². The Morgan fingerprint density at radius 3 is 2.80 bits per heavy atom. The highest BCUT2D eigenvalue weighted by atomic mass is 19.1. The van der Waals surface area contributed by atoms with Crippen molar-refractivity contribution in [1.29, 1.82) is 0 Å². The minimum atomic E-state index is -1.54. The number of nitroso groups, excluding NO2 is 1. The molecule has 0 fully saturated rings. The SMILES string of the molecule is C=C.CC(O[C@](C)(CN=O)[C@@H](O)CF)n1cnc2c(=O)[nH]c(N)nc21. The molecule has 0 aromatic carbocycles. The number of nitrogens with zero attached hydrogens (tertiary/aromatic N) is 4. The number of nitrogens with two attached hydrogens (primary N) is 1. The summed E-state index contributed by atoms with van der Waals surface area (Å²) >= 11 is 0. The van der Waals surface area contributed by atoms with Gasteiger partial charge in [0.25, 0.3) is 5.56 Å². The average Bonchev–Trinajstić information content (AvgIpc) is 3.00. The maximum atomic E-state index is 12.8. The number of anilines is 1. The van der Waals surface area contributed by atoms with E-state index in [1.54, 1.807) is 6.92 Å². The van der Waals surface area contributed by atoms with Gasteiger partial charge >= 0.3 is 0 Å². The third kappa shape index (κ3) is 4.25. The third-order valence-electron chi connectivity index (χ3n) is 3.51. The quantitative estimate of drug-likeness (QED) is 0.493. The van der Waals surface area contributed by atoms with Crippen molar-refractivity contribution >= 4 is 17.1 Å². The van der Waals surface area contributed by atoms with E-state index in [0.29, 0.717) is 0 Å². The van der Waals surface area contributed by atoms with E-state index in [-0.39, 0.29) is 17.1 Å². The number of aliphatic hydroxyl groups excluding tert-OH is 1. The number of imidazole rings is 1. The standard InChI is InChI=1S/C12H17FN6O4.C2H4/c1-6(23-12(2,4-16-22)7(20)3-13)19-5-15-8-9(19)17-11(14)18-10(8)21;1-2/h5-7,20H,3-4H2,1-2H3,(H3,14,17,18,21);1-2H2/t6?,7-,12+;/m0./s1. The lowest BCUT2D eigenvalue weighted by Crippen LogP contribution is -2.47. The smallest absolute Gasteiger partial charge is 0.280 e. The zero-order chi connectivity index (χ0) is 19.2. The van der Waals surface area contributed by atoms with Gasteiger partial charge in [-0.15, -0.1) is 13.2 Å². The number of hydrogen-bond acceptors (Lipinski definition) is 8. The van der Waals surface area contributed by atoms with Crippen LogP contribution in [0, 0.1) is 4.91 Å². The number of H-pyrrole nitrogens is 1. The lowest BCUT2D eigenvalue weighted by Gasteiger charge is -2.33. The van der Waals surface area contributed by atoms with Crippen LogP contribution < -0.4 is 11.3 Å². The van der Waals surface area contributed by atoms with Crippen LogP contribution in [0.4, 0.5) is 10.3 Å². The van der Waals surface area contributed by atoms with Crippen molar-refractivity contribution in [2.24, 2.45) is 5.18 Å². The molecule has 0 saturated heterocycles. The monoisotopic (exact) mass is 356 g/mol. The Bertz CT molecular complexity index is 778. The van der Waals surface area contributed by atoms with Crippen LogP contribution in [0.3, 0.4) is 0 Å². The van der Waals surface area contributed by atoms with Gasteiger partial charge in [0, 0.05) is 0 Å². The molecular weight excluding hydrogens is 335 g/mol. The number of aliphatic hydroxyl groups is 1. The van der Waals surface area contributed by atoms with Gasteiger partial charge in [0.15, 0.2) is 11.2 Å². The van der Waals surface area contributed by atoms with E-state index in [4.69, 9.17) is 10.5 Å². The fourth-order valence-corrected chi connectivity index (χ4v) is 2.17. The highest BCUT2D eigenvalue weighted by Crippen LogP contribution is 2.25. The number of nitrogen functional groups attached to an aromatic ring is 1. The lowest BCUT2D eigenvalue weighted by molar-refractivity contribution is -0.160. The molecular formula is C14H21FN6O4. The summed E-state index contributed by atoms with van der Waals surface area (Å²) in [4.78, 5) is 32.5. The van der Waals surface area contributed by atoms with Gasteiger partial charge in [-0.1, -0.05) is 5.18 Å². The molecule has 25 heavy (non-hydrogen) atoms. The first-order valence-corrected chi connectivity index (χ1v) is 7.25. The van der Waals surface area contributed by atoms with Gasteiger partial charge < -0.3 is 15.6 Å². The first-order chi connectivity index (χ1) is 11.8. The van der Waals surface area contributed by atoms with Crippen LogP contribution in [0.1, 0.15) is 20.1 Å². The molecule has 0 amide bonds. The zero-order valence-corrected chi connectivity index (χ0v) is 14.0. The second kappa shape index (κ2) is 8.44. The maximum Gasteiger partial charge on any atom is 0.280 e. The van der Waals surface area contributed by atoms with Gasteiger partial charge in [0.05, 0.1) is 6.33 Å². The van der Waals surface area contributed by atoms with Crippen molar-refractivity contribution in [3.8, 4) is 0 Å². The first-order valence-electron chi connectivity index (χ1n) is 7.25. The number of rotatable bonds is 7. The molecule has 3 atom stereocenters. The number of aromatic nitrogens is 4. The Hall–Kier alpha value is -2.66. The highest BCUT2D eigenvalue weighted by Gasteiger charge is 2.37. The summed E-state index contributed by atoms with van der Waals surface area (Å²) in [7, 11) is 0. The van der Waals surface area contributed by atoms with E-state index in [0.717, 1.165) is 0 Å². The largest absolute Gasteiger partial charge is 0.387 e. The molecule has 4 N–H and O–H groups in total. The van der Waals surface area contributed by atoms with E-state index in [1.165, 1.54) is 17.8 Å². The number of alkyl halides is 1. The highest BCUT2D eigenvalue weighted by molar-refractivity contribution is 5.70. The van der Waals surface area contributed by atoms with Crippen LogP contribution in [-0.2, 0) is 4.74 Å². The number of nitrogens with one attached hydrogen (secondary N) is 1. The summed E-state index contributed by atoms with van der Waals surface area (Å²) in [5.41, 5.74) is 3.66. The third-order valence-corrected chi connectivity index (χ3v) is 3.51. The molecule has 1 unspecified atom stereocenters. The molecule has 2 aromatic rings. The van der Waals surface area contributed by atoms with Gasteiger partial charge in [0.2, 0.25) is 5.95 Å².